The summed E-state index contributed by atoms with van der Waals surface area (Å²) in [4.78, 5) is 4.81. The molecule has 3 nitrogen and oxygen atoms in total. The molecule has 0 saturated heterocycles. The second kappa shape index (κ2) is 4.64. The SMILES string of the molecule is Cc1cc2nc(C(C)C)n(CC(C)(C)N)c2cc1C. The third kappa shape index (κ3) is 2.81. The lowest BCUT2D eigenvalue weighted by Crippen LogP contribution is -2.37. The number of nitrogens with two attached hydrogens (primary N) is 1. The molecule has 0 unspecified atom stereocenters. The van der Waals surface area contributed by atoms with Gasteiger partial charge in [0.2, 0.25) is 0 Å². The molecule has 0 aliphatic carbocycles. The maximum atomic E-state index is 6.21. The number of benzene rings is 1. The van der Waals surface area contributed by atoms with Crippen LogP contribution in [0.5, 0.6) is 0 Å². The Morgan fingerprint density at radius 2 is 1.79 bits per heavy atom. The van der Waals surface area contributed by atoms with Crippen molar-refractivity contribution in [1.82, 2.24) is 9.55 Å². The summed E-state index contributed by atoms with van der Waals surface area (Å²) < 4.78 is 2.28. The van der Waals surface area contributed by atoms with E-state index in [1.807, 2.05) is 0 Å². The monoisotopic (exact) mass is 259 g/mol. The molecule has 2 N–H and O–H groups in total. The van der Waals surface area contributed by atoms with Crippen LogP contribution in [0.1, 0.15) is 50.6 Å². The maximum Gasteiger partial charge on any atom is 0.112 e. The van der Waals surface area contributed by atoms with Crippen molar-refractivity contribution in [2.75, 3.05) is 0 Å². The van der Waals surface area contributed by atoms with Gasteiger partial charge in [-0.05, 0) is 51.0 Å². The molecule has 1 aromatic carbocycles. The van der Waals surface area contributed by atoms with E-state index in [1.165, 1.54) is 16.6 Å². The van der Waals surface area contributed by atoms with Crippen LogP contribution in [0.3, 0.4) is 0 Å². The number of hydrogen-bond acceptors (Lipinski definition) is 2. The van der Waals surface area contributed by atoms with Gasteiger partial charge < -0.3 is 10.3 Å². The van der Waals surface area contributed by atoms with E-state index >= 15 is 0 Å². The van der Waals surface area contributed by atoms with Crippen LogP contribution >= 0.6 is 0 Å². The van der Waals surface area contributed by atoms with Crippen molar-refractivity contribution in [3.8, 4) is 0 Å². The lowest BCUT2D eigenvalue weighted by atomic mass is 10.1. The van der Waals surface area contributed by atoms with Gasteiger partial charge in [-0.2, -0.15) is 0 Å². The van der Waals surface area contributed by atoms with Gasteiger partial charge in [0.15, 0.2) is 0 Å². The molecule has 0 aliphatic heterocycles. The van der Waals surface area contributed by atoms with Crippen molar-refractivity contribution in [3.63, 3.8) is 0 Å². The molecule has 1 heterocycles. The number of aryl methyl sites for hydroxylation is 2. The Hall–Kier alpha value is -1.35. The van der Waals surface area contributed by atoms with Gasteiger partial charge >= 0.3 is 0 Å². The van der Waals surface area contributed by atoms with E-state index in [-0.39, 0.29) is 5.54 Å². The van der Waals surface area contributed by atoms with E-state index in [2.05, 4.69) is 58.2 Å². The first-order valence-electron chi connectivity index (χ1n) is 6.95. The molecule has 0 saturated carbocycles. The molecule has 0 aliphatic rings. The fourth-order valence-corrected chi connectivity index (χ4v) is 2.41. The van der Waals surface area contributed by atoms with Crippen molar-refractivity contribution in [2.24, 2.45) is 5.73 Å². The normalized spacial score (nSPS) is 12.6. The highest BCUT2D eigenvalue weighted by Crippen LogP contribution is 2.25. The molecule has 0 amide bonds. The minimum absolute atomic E-state index is 0.240. The smallest absolute Gasteiger partial charge is 0.112 e. The third-order valence-corrected chi connectivity index (χ3v) is 3.48. The van der Waals surface area contributed by atoms with Crippen LogP contribution in [0.25, 0.3) is 11.0 Å². The number of nitrogens with zero attached hydrogens (tertiary/aromatic N) is 2. The van der Waals surface area contributed by atoms with Crippen molar-refractivity contribution in [1.29, 1.82) is 0 Å². The molecule has 0 bridgehead atoms. The highest BCUT2D eigenvalue weighted by Gasteiger charge is 2.19. The maximum absolute atomic E-state index is 6.21. The summed E-state index contributed by atoms with van der Waals surface area (Å²) in [5.74, 6) is 1.52. The van der Waals surface area contributed by atoms with Gasteiger partial charge in [-0.1, -0.05) is 13.8 Å². The molecule has 1 aromatic heterocycles. The van der Waals surface area contributed by atoms with Gasteiger partial charge in [-0.15, -0.1) is 0 Å². The van der Waals surface area contributed by atoms with Gasteiger partial charge in [0.05, 0.1) is 11.0 Å². The van der Waals surface area contributed by atoms with E-state index in [9.17, 15) is 0 Å². The summed E-state index contributed by atoms with van der Waals surface area (Å²) in [5, 5.41) is 0. The second-order valence-electron chi connectivity index (χ2n) is 6.62. The summed E-state index contributed by atoms with van der Waals surface area (Å²) in [7, 11) is 0. The minimum atomic E-state index is -0.240. The van der Waals surface area contributed by atoms with Crippen LogP contribution in [0.4, 0.5) is 0 Å². The molecule has 0 radical (unpaired) electrons. The molecule has 3 heteroatoms. The third-order valence-electron chi connectivity index (χ3n) is 3.48. The molecule has 0 atom stereocenters. The quantitative estimate of drug-likeness (QED) is 0.916. The first-order valence-corrected chi connectivity index (χ1v) is 6.95. The Kier molecular flexibility index (Phi) is 3.43. The molecule has 0 spiro atoms. The van der Waals surface area contributed by atoms with Crippen molar-refractivity contribution < 1.29 is 0 Å². The molecule has 2 aromatic rings. The zero-order valence-electron chi connectivity index (χ0n) is 12.9. The van der Waals surface area contributed by atoms with Crippen molar-refractivity contribution in [2.45, 2.75) is 59.5 Å². The fourth-order valence-electron chi connectivity index (χ4n) is 2.41. The van der Waals surface area contributed by atoms with Gasteiger partial charge in [-0.25, -0.2) is 4.98 Å². The fraction of sp³-hybridized carbons (Fsp3) is 0.562. The highest BCUT2D eigenvalue weighted by molar-refractivity contribution is 5.78. The predicted octanol–water partition coefficient (Wildman–Crippen LogP) is 3.51. The van der Waals surface area contributed by atoms with Crippen LogP contribution in [-0.2, 0) is 6.54 Å². The summed E-state index contributed by atoms with van der Waals surface area (Å²) >= 11 is 0. The minimum Gasteiger partial charge on any atom is -0.326 e. The summed E-state index contributed by atoms with van der Waals surface area (Å²) in [6.07, 6.45) is 0. The number of aromatic nitrogens is 2. The Morgan fingerprint density at radius 3 is 2.32 bits per heavy atom. The van der Waals surface area contributed by atoms with Crippen LogP contribution in [0, 0.1) is 13.8 Å². The Labute approximate surface area is 115 Å². The molecule has 104 valence electrons. The zero-order valence-corrected chi connectivity index (χ0v) is 12.9. The standard InChI is InChI=1S/C16H25N3/c1-10(2)15-18-13-7-11(3)12(4)8-14(13)19(15)9-16(5,6)17/h7-8,10H,9,17H2,1-6H3. The van der Waals surface area contributed by atoms with E-state index in [1.54, 1.807) is 0 Å². The molecule has 19 heavy (non-hydrogen) atoms. The zero-order chi connectivity index (χ0) is 14.4. The number of imidazole rings is 1. The van der Waals surface area contributed by atoms with Crippen LogP contribution < -0.4 is 5.73 Å². The first kappa shape index (κ1) is 14.1. The molecule has 2 rings (SSSR count). The topological polar surface area (TPSA) is 43.8 Å². The van der Waals surface area contributed by atoms with Gasteiger partial charge in [0.1, 0.15) is 5.82 Å². The largest absolute Gasteiger partial charge is 0.326 e. The van der Waals surface area contributed by atoms with Crippen LogP contribution in [-0.4, -0.2) is 15.1 Å². The first-order chi connectivity index (χ1) is 8.69. The lowest BCUT2D eigenvalue weighted by molar-refractivity contribution is 0.427. The Balaban J connectivity index is 2.69. The summed E-state index contributed by atoms with van der Waals surface area (Å²) in [6, 6.07) is 4.41. The molecular weight excluding hydrogens is 234 g/mol. The van der Waals surface area contributed by atoms with E-state index in [0.717, 1.165) is 17.9 Å². The number of rotatable bonds is 3. The van der Waals surface area contributed by atoms with Crippen molar-refractivity contribution >= 4 is 11.0 Å². The Morgan fingerprint density at radius 1 is 1.21 bits per heavy atom. The predicted molar refractivity (Wildman–Crippen MR) is 81.6 cm³/mol. The number of hydrogen-bond donors (Lipinski definition) is 1. The van der Waals surface area contributed by atoms with Gasteiger partial charge in [0.25, 0.3) is 0 Å². The van der Waals surface area contributed by atoms with Crippen molar-refractivity contribution in [3.05, 3.63) is 29.1 Å². The molecule has 0 fully saturated rings. The second-order valence-corrected chi connectivity index (χ2v) is 6.62. The van der Waals surface area contributed by atoms with Gasteiger partial charge in [0, 0.05) is 18.0 Å². The van der Waals surface area contributed by atoms with Crippen LogP contribution in [0.15, 0.2) is 12.1 Å². The average molecular weight is 259 g/mol. The molecular formula is C16H25N3. The lowest BCUT2D eigenvalue weighted by Gasteiger charge is -2.22. The Bertz CT molecular complexity index is 600. The van der Waals surface area contributed by atoms with Gasteiger partial charge in [-0.3, -0.25) is 0 Å². The van der Waals surface area contributed by atoms with E-state index in [0.29, 0.717) is 5.92 Å². The van der Waals surface area contributed by atoms with Crippen LogP contribution in [0.2, 0.25) is 0 Å². The highest BCUT2D eigenvalue weighted by atomic mass is 15.1. The average Bonchev–Trinajstić information content (AvgIpc) is 2.56. The summed E-state index contributed by atoms with van der Waals surface area (Å²) in [5.41, 5.74) is 10.8. The van der Waals surface area contributed by atoms with E-state index in [4.69, 9.17) is 10.7 Å². The number of fused-ring (bicyclic) bond motifs is 1. The van der Waals surface area contributed by atoms with E-state index < -0.39 is 0 Å². The summed E-state index contributed by atoms with van der Waals surface area (Å²) in [6.45, 7) is 13.6.